The fraction of sp³-hybridized carbons (Fsp3) is 0.316. The molecule has 0 radical (unpaired) electrons. The maximum atomic E-state index is 12.3. The number of carbonyl (C=O) groups is 1. The van der Waals surface area contributed by atoms with Gasteiger partial charge < -0.3 is 10.2 Å². The van der Waals surface area contributed by atoms with Gasteiger partial charge in [-0.05, 0) is 48.1 Å². The highest BCUT2D eigenvalue weighted by Gasteiger charge is 2.21. The monoisotopic (exact) mass is 328 g/mol. The van der Waals surface area contributed by atoms with Gasteiger partial charge in [0.2, 0.25) is 0 Å². The third kappa shape index (κ3) is 3.85. The Kier molecular flexibility index (Phi) is 4.87. The first-order valence-corrected chi connectivity index (χ1v) is 8.39. The molecule has 0 saturated heterocycles. The molecule has 23 heavy (non-hydrogen) atoms. The summed E-state index contributed by atoms with van der Waals surface area (Å²) in [5, 5.41) is 3.52. The average molecular weight is 329 g/mol. The first-order chi connectivity index (χ1) is 11.1. The normalized spacial score (nSPS) is 20.8. The van der Waals surface area contributed by atoms with Gasteiger partial charge in [-0.2, -0.15) is 0 Å². The van der Waals surface area contributed by atoms with E-state index in [1.165, 1.54) is 11.1 Å². The van der Waals surface area contributed by atoms with E-state index in [9.17, 15) is 4.79 Å². The first-order valence-electron chi connectivity index (χ1n) is 8.01. The van der Waals surface area contributed by atoms with Crippen LogP contribution < -0.4 is 5.32 Å². The molecule has 4 heteroatoms. The number of carbonyl (C=O) groups excluding carboxylic acids is 1. The number of halogens is 1. The summed E-state index contributed by atoms with van der Waals surface area (Å²) in [6.07, 6.45) is 10.7. The standard InChI is InChI=1S/C19H21ClN2O/c1-14-5-2-3-8-18(14)15-9-11-22(12-10-15)19(23)21-17-7-4-6-16(20)13-17/h2-4,6-9,13-14H,5,10-12H2,1H3,(H,21,23). The van der Waals surface area contributed by atoms with E-state index in [4.69, 9.17) is 11.6 Å². The van der Waals surface area contributed by atoms with E-state index in [1.54, 1.807) is 12.1 Å². The van der Waals surface area contributed by atoms with Crippen LogP contribution in [-0.2, 0) is 0 Å². The zero-order valence-electron chi connectivity index (χ0n) is 13.3. The number of urea groups is 1. The predicted molar refractivity (Wildman–Crippen MR) is 95.7 cm³/mol. The van der Waals surface area contributed by atoms with Gasteiger partial charge in [0.25, 0.3) is 0 Å². The van der Waals surface area contributed by atoms with E-state index in [0.717, 1.165) is 25.1 Å². The molecule has 1 aromatic carbocycles. The zero-order valence-corrected chi connectivity index (χ0v) is 14.0. The minimum Gasteiger partial charge on any atom is -0.320 e. The van der Waals surface area contributed by atoms with E-state index in [2.05, 4.69) is 36.5 Å². The molecule has 120 valence electrons. The van der Waals surface area contributed by atoms with E-state index >= 15 is 0 Å². The highest BCUT2D eigenvalue weighted by Crippen LogP contribution is 2.30. The molecule has 3 rings (SSSR count). The fourth-order valence-electron chi connectivity index (χ4n) is 3.05. The lowest BCUT2D eigenvalue weighted by Gasteiger charge is -2.29. The van der Waals surface area contributed by atoms with E-state index in [-0.39, 0.29) is 6.03 Å². The molecule has 0 spiro atoms. The topological polar surface area (TPSA) is 32.3 Å². The summed E-state index contributed by atoms with van der Waals surface area (Å²) >= 11 is 5.95. The van der Waals surface area contributed by atoms with Crippen LogP contribution in [0.2, 0.25) is 5.02 Å². The largest absolute Gasteiger partial charge is 0.322 e. The van der Waals surface area contributed by atoms with Gasteiger partial charge in [0.05, 0.1) is 0 Å². The number of hydrogen-bond donors (Lipinski definition) is 1. The molecule has 1 atom stereocenters. The van der Waals surface area contributed by atoms with Crippen molar-refractivity contribution < 1.29 is 4.79 Å². The second kappa shape index (κ2) is 7.05. The lowest BCUT2D eigenvalue weighted by atomic mass is 9.85. The fourth-order valence-corrected chi connectivity index (χ4v) is 3.24. The lowest BCUT2D eigenvalue weighted by Crippen LogP contribution is -2.38. The molecule has 1 aliphatic carbocycles. The Bertz CT molecular complexity index is 690. The Hall–Kier alpha value is -2.00. The molecule has 0 saturated carbocycles. The Morgan fingerprint density at radius 3 is 2.96 bits per heavy atom. The number of nitrogens with zero attached hydrogens (tertiary/aromatic N) is 1. The van der Waals surface area contributed by atoms with Crippen LogP contribution in [0.15, 0.2) is 59.7 Å². The van der Waals surface area contributed by atoms with Gasteiger partial charge in [-0.3, -0.25) is 0 Å². The molecular weight excluding hydrogens is 308 g/mol. The number of nitrogens with one attached hydrogen (secondary N) is 1. The number of hydrogen-bond acceptors (Lipinski definition) is 1. The van der Waals surface area contributed by atoms with Crippen molar-refractivity contribution in [3.63, 3.8) is 0 Å². The van der Waals surface area contributed by atoms with Crippen molar-refractivity contribution in [1.29, 1.82) is 0 Å². The van der Waals surface area contributed by atoms with Crippen LogP contribution in [0.1, 0.15) is 19.8 Å². The van der Waals surface area contributed by atoms with Crippen molar-refractivity contribution in [3.05, 3.63) is 64.7 Å². The Labute approximate surface area is 142 Å². The first kappa shape index (κ1) is 15.9. The lowest BCUT2D eigenvalue weighted by molar-refractivity contribution is 0.215. The molecule has 1 N–H and O–H groups in total. The SMILES string of the molecule is CC1CC=CC=C1C1=CCN(C(=O)Nc2cccc(Cl)c2)CC1. The molecule has 3 nitrogen and oxygen atoms in total. The summed E-state index contributed by atoms with van der Waals surface area (Å²) in [4.78, 5) is 14.2. The smallest absolute Gasteiger partial charge is 0.320 e. The molecule has 1 unspecified atom stereocenters. The van der Waals surface area contributed by atoms with Crippen molar-refractivity contribution in [1.82, 2.24) is 4.90 Å². The van der Waals surface area contributed by atoms with E-state index in [1.807, 2.05) is 17.0 Å². The van der Waals surface area contributed by atoms with Gasteiger partial charge in [0.15, 0.2) is 0 Å². The van der Waals surface area contributed by atoms with Crippen molar-refractivity contribution >= 4 is 23.3 Å². The molecule has 1 aromatic rings. The summed E-state index contributed by atoms with van der Waals surface area (Å²) in [7, 11) is 0. The average Bonchev–Trinajstić information content (AvgIpc) is 2.55. The van der Waals surface area contributed by atoms with Crippen LogP contribution in [0.25, 0.3) is 0 Å². The maximum Gasteiger partial charge on any atom is 0.322 e. The van der Waals surface area contributed by atoms with Crippen LogP contribution in [0, 0.1) is 5.92 Å². The van der Waals surface area contributed by atoms with Gasteiger partial charge in [0, 0.05) is 23.8 Å². The predicted octanol–water partition coefficient (Wildman–Crippen LogP) is 5.03. The van der Waals surface area contributed by atoms with E-state index < -0.39 is 0 Å². The van der Waals surface area contributed by atoms with Crippen LogP contribution in [0.5, 0.6) is 0 Å². The highest BCUT2D eigenvalue weighted by molar-refractivity contribution is 6.30. The molecule has 1 heterocycles. The summed E-state index contributed by atoms with van der Waals surface area (Å²) in [5.41, 5.74) is 3.53. The molecular formula is C19H21ClN2O. The summed E-state index contributed by atoms with van der Waals surface area (Å²) in [6, 6.07) is 7.15. The van der Waals surface area contributed by atoms with Gasteiger partial charge in [-0.25, -0.2) is 4.79 Å². The second-order valence-corrected chi connectivity index (χ2v) is 6.49. The van der Waals surface area contributed by atoms with Gasteiger partial charge >= 0.3 is 6.03 Å². The number of rotatable bonds is 2. The Morgan fingerprint density at radius 1 is 1.39 bits per heavy atom. The molecule has 0 aromatic heterocycles. The second-order valence-electron chi connectivity index (χ2n) is 6.05. The third-order valence-corrected chi connectivity index (χ3v) is 4.61. The summed E-state index contributed by atoms with van der Waals surface area (Å²) in [6.45, 7) is 3.65. The molecule has 0 bridgehead atoms. The summed E-state index contributed by atoms with van der Waals surface area (Å²) < 4.78 is 0. The van der Waals surface area contributed by atoms with Gasteiger partial charge in [0.1, 0.15) is 0 Å². The molecule has 0 fully saturated rings. The van der Waals surface area contributed by atoms with E-state index in [0.29, 0.717) is 17.5 Å². The highest BCUT2D eigenvalue weighted by atomic mass is 35.5. The van der Waals surface area contributed by atoms with Gasteiger partial charge in [-0.1, -0.05) is 48.9 Å². The Morgan fingerprint density at radius 2 is 2.26 bits per heavy atom. The number of allylic oxidation sites excluding steroid dienone is 4. The molecule has 1 aliphatic heterocycles. The van der Waals surface area contributed by atoms with Crippen LogP contribution in [-0.4, -0.2) is 24.0 Å². The molecule has 2 aliphatic rings. The van der Waals surface area contributed by atoms with Crippen LogP contribution in [0.3, 0.4) is 0 Å². The van der Waals surface area contributed by atoms with Crippen LogP contribution >= 0.6 is 11.6 Å². The van der Waals surface area contributed by atoms with Crippen molar-refractivity contribution in [3.8, 4) is 0 Å². The maximum absolute atomic E-state index is 12.3. The number of benzene rings is 1. The zero-order chi connectivity index (χ0) is 16.2. The van der Waals surface area contributed by atoms with Crippen molar-refractivity contribution in [2.75, 3.05) is 18.4 Å². The number of amides is 2. The summed E-state index contributed by atoms with van der Waals surface area (Å²) in [5.74, 6) is 0.568. The Balaban J connectivity index is 1.63. The minimum atomic E-state index is -0.0758. The molecule has 2 amide bonds. The van der Waals surface area contributed by atoms with Crippen molar-refractivity contribution in [2.24, 2.45) is 5.92 Å². The van der Waals surface area contributed by atoms with Crippen molar-refractivity contribution in [2.45, 2.75) is 19.8 Å². The number of anilines is 1. The minimum absolute atomic E-state index is 0.0758. The quantitative estimate of drug-likeness (QED) is 0.811. The van der Waals surface area contributed by atoms with Gasteiger partial charge in [-0.15, -0.1) is 0 Å². The van der Waals surface area contributed by atoms with Crippen LogP contribution in [0.4, 0.5) is 10.5 Å². The third-order valence-electron chi connectivity index (χ3n) is 4.38.